The van der Waals surface area contributed by atoms with Gasteiger partial charge in [0.05, 0.1) is 12.8 Å². The van der Waals surface area contributed by atoms with Crippen LogP contribution in [0.25, 0.3) is 0 Å². The summed E-state index contributed by atoms with van der Waals surface area (Å²) in [6.45, 7) is 4.62. The van der Waals surface area contributed by atoms with Crippen LogP contribution in [0, 0.1) is 0 Å². The van der Waals surface area contributed by atoms with E-state index >= 15 is 0 Å². The number of nitrogens with zero attached hydrogens (tertiary/aromatic N) is 1. The number of carboxylic acid groups (broad SMARTS) is 1. The summed E-state index contributed by atoms with van der Waals surface area (Å²) >= 11 is 0. The number of carbonyl (C=O) groups is 1. The minimum absolute atomic E-state index is 0.513. The van der Waals surface area contributed by atoms with Crippen LogP contribution in [0.3, 0.4) is 0 Å². The van der Waals surface area contributed by atoms with Crippen LogP contribution in [0.2, 0.25) is 0 Å². The highest BCUT2D eigenvalue weighted by molar-refractivity contribution is 5.79. The van der Waals surface area contributed by atoms with Gasteiger partial charge in [0.1, 0.15) is 11.8 Å². The number of rotatable bonds is 7. The van der Waals surface area contributed by atoms with Crippen LogP contribution in [-0.4, -0.2) is 30.8 Å². The predicted octanol–water partition coefficient (Wildman–Crippen LogP) is 2.77. The van der Waals surface area contributed by atoms with Crippen molar-refractivity contribution in [1.29, 1.82) is 0 Å². The number of carboxylic acids is 1. The maximum Gasteiger partial charge on any atom is 0.326 e. The number of anilines is 1. The van der Waals surface area contributed by atoms with Crippen LogP contribution >= 0.6 is 0 Å². The molecule has 0 aliphatic carbocycles. The molecule has 0 unspecified atom stereocenters. The second kappa shape index (κ2) is 6.89. The Bertz CT molecular complexity index is 392. The molecule has 0 fully saturated rings. The zero-order chi connectivity index (χ0) is 13.5. The predicted molar refractivity (Wildman–Crippen MR) is 72.3 cm³/mol. The van der Waals surface area contributed by atoms with Crippen LogP contribution in [-0.2, 0) is 4.79 Å². The first kappa shape index (κ1) is 14.4. The third-order valence-electron chi connectivity index (χ3n) is 2.91. The van der Waals surface area contributed by atoms with Crippen molar-refractivity contribution in [3.05, 3.63) is 24.3 Å². The summed E-state index contributed by atoms with van der Waals surface area (Å²) in [6, 6.07) is 7.02. The van der Waals surface area contributed by atoms with Crippen LogP contribution in [0.4, 0.5) is 5.69 Å². The molecule has 0 spiro atoms. The van der Waals surface area contributed by atoms with Gasteiger partial charge in [0, 0.05) is 6.54 Å². The van der Waals surface area contributed by atoms with Gasteiger partial charge in [0.25, 0.3) is 0 Å². The van der Waals surface area contributed by atoms with E-state index < -0.39 is 12.0 Å². The second-order valence-corrected chi connectivity index (χ2v) is 4.13. The monoisotopic (exact) mass is 251 g/mol. The molecular weight excluding hydrogens is 230 g/mol. The Labute approximate surface area is 108 Å². The van der Waals surface area contributed by atoms with Gasteiger partial charge in [-0.05, 0) is 25.0 Å². The van der Waals surface area contributed by atoms with Crippen molar-refractivity contribution in [2.24, 2.45) is 0 Å². The first-order valence-electron chi connectivity index (χ1n) is 6.28. The molecule has 0 heterocycles. The molecule has 0 saturated carbocycles. The Morgan fingerprint density at radius 2 is 2.06 bits per heavy atom. The first-order chi connectivity index (χ1) is 8.65. The first-order valence-corrected chi connectivity index (χ1v) is 6.28. The Hall–Kier alpha value is -1.71. The fraction of sp³-hybridized carbons (Fsp3) is 0.500. The molecule has 0 aromatic heterocycles. The second-order valence-electron chi connectivity index (χ2n) is 4.13. The number of para-hydroxylation sites is 2. The van der Waals surface area contributed by atoms with Crippen molar-refractivity contribution in [2.75, 3.05) is 18.6 Å². The van der Waals surface area contributed by atoms with Gasteiger partial charge in [-0.15, -0.1) is 0 Å². The van der Waals surface area contributed by atoms with Crippen molar-refractivity contribution < 1.29 is 14.6 Å². The van der Waals surface area contributed by atoms with Gasteiger partial charge in [0.2, 0.25) is 0 Å². The SMILES string of the molecule is CCCN(c1ccccc1OC)[C@@H](CC)C(=O)O. The topological polar surface area (TPSA) is 49.8 Å². The zero-order valence-electron chi connectivity index (χ0n) is 11.2. The average molecular weight is 251 g/mol. The van der Waals surface area contributed by atoms with E-state index in [0.717, 1.165) is 12.1 Å². The molecule has 1 aromatic carbocycles. The van der Waals surface area contributed by atoms with Crippen LogP contribution < -0.4 is 9.64 Å². The highest BCUT2D eigenvalue weighted by atomic mass is 16.5. The molecule has 18 heavy (non-hydrogen) atoms. The van der Waals surface area contributed by atoms with E-state index in [2.05, 4.69) is 0 Å². The number of hydrogen-bond donors (Lipinski definition) is 1. The van der Waals surface area contributed by atoms with Crippen molar-refractivity contribution in [3.63, 3.8) is 0 Å². The lowest BCUT2D eigenvalue weighted by Gasteiger charge is -2.31. The maximum absolute atomic E-state index is 11.3. The largest absolute Gasteiger partial charge is 0.495 e. The van der Waals surface area contributed by atoms with E-state index in [1.54, 1.807) is 7.11 Å². The summed E-state index contributed by atoms with van der Waals surface area (Å²) < 4.78 is 5.31. The Balaban J connectivity index is 3.13. The third-order valence-corrected chi connectivity index (χ3v) is 2.91. The Morgan fingerprint density at radius 3 is 2.56 bits per heavy atom. The van der Waals surface area contributed by atoms with Crippen LogP contribution in [0.15, 0.2) is 24.3 Å². The number of benzene rings is 1. The summed E-state index contributed by atoms with van der Waals surface area (Å²) in [5.41, 5.74) is 0.844. The highest BCUT2D eigenvalue weighted by Crippen LogP contribution is 2.30. The molecule has 1 N–H and O–H groups in total. The van der Waals surface area contributed by atoms with Crippen molar-refractivity contribution in [1.82, 2.24) is 0 Å². The molecule has 0 aliphatic heterocycles. The van der Waals surface area contributed by atoms with Gasteiger partial charge in [0.15, 0.2) is 0 Å². The van der Waals surface area contributed by atoms with E-state index in [4.69, 9.17) is 4.74 Å². The summed E-state index contributed by atoms with van der Waals surface area (Å²) in [4.78, 5) is 13.2. The summed E-state index contributed by atoms with van der Waals surface area (Å²) in [5, 5.41) is 9.31. The minimum atomic E-state index is -0.795. The Morgan fingerprint density at radius 1 is 1.39 bits per heavy atom. The van der Waals surface area contributed by atoms with Gasteiger partial charge >= 0.3 is 5.97 Å². The third kappa shape index (κ3) is 3.15. The summed E-state index contributed by atoms with van der Waals surface area (Å²) in [7, 11) is 1.60. The van der Waals surface area contributed by atoms with Crippen molar-refractivity contribution in [2.45, 2.75) is 32.7 Å². The Kier molecular flexibility index (Phi) is 5.49. The standard InChI is InChI=1S/C14H21NO3/c1-4-10-15(11(5-2)14(16)17)12-8-6-7-9-13(12)18-3/h6-9,11H,4-5,10H2,1-3H3,(H,16,17)/t11-/m0/s1. The van der Waals surface area contributed by atoms with E-state index in [-0.39, 0.29) is 0 Å². The lowest BCUT2D eigenvalue weighted by molar-refractivity contribution is -0.138. The van der Waals surface area contributed by atoms with E-state index in [0.29, 0.717) is 18.7 Å². The molecule has 0 saturated heterocycles. The molecule has 100 valence electrons. The zero-order valence-corrected chi connectivity index (χ0v) is 11.2. The molecule has 1 rings (SSSR count). The summed E-state index contributed by atoms with van der Waals surface area (Å²) in [5.74, 6) is -0.0810. The minimum Gasteiger partial charge on any atom is -0.495 e. The molecule has 0 aliphatic rings. The lowest BCUT2D eigenvalue weighted by atomic mass is 10.1. The van der Waals surface area contributed by atoms with Crippen molar-refractivity contribution in [3.8, 4) is 5.75 Å². The van der Waals surface area contributed by atoms with Crippen LogP contribution in [0.1, 0.15) is 26.7 Å². The number of ether oxygens (including phenoxy) is 1. The van der Waals surface area contributed by atoms with Gasteiger partial charge < -0.3 is 14.7 Å². The molecule has 0 radical (unpaired) electrons. The molecule has 0 bridgehead atoms. The molecule has 1 aromatic rings. The fourth-order valence-corrected chi connectivity index (χ4v) is 2.08. The van der Waals surface area contributed by atoms with Gasteiger partial charge in [-0.2, -0.15) is 0 Å². The quantitative estimate of drug-likeness (QED) is 0.809. The molecule has 4 nitrogen and oxygen atoms in total. The number of aliphatic carboxylic acids is 1. The molecule has 0 amide bonds. The maximum atomic E-state index is 11.3. The molecule has 4 heteroatoms. The highest BCUT2D eigenvalue weighted by Gasteiger charge is 2.25. The van der Waals surface area contributed by atoms with Gasteiger partial charge in [-0.25, -0.2) is 4.79 Å². The summed E-state index contributed by atoms with van der Waals surface area (Å²) in [6.07, 6.45) is 1.45. The van der Waals surface area contributed by atoms with E-state index in [9.17, 15) is 9.90 Å². The lowest BCUT2D eigenvalue weighted by Crippen LogP contribution is -2.41. The van der Waals surface area contributed by atoms with Crippen molar-refractivity contribution >= 4 is 11.7 Å². The average Bonchev–Trinajstić information content (AvgIpc) is 2.38. The van der Waals surface area contributed by atoms with Gasteiger partial charge in [-0.3, -0.25) is 0 Å². The van der Waals surface area contributed by atoms with E-state index in [1.165, 1.54) is 0 Å². The number of hydrogen-bond acceptors (Lipinski definition) is 3. The van der Waals surface area contributed by atoms with Gasteiger partial charge in [-0.1, -0.05) is 26.0 Å². The van der Waals surface area contributed by atoms with E-state index in [1.807, 2.05) is 43.0 Å². The molecule has 1 atom stereocenters. The normalized spacial score (nSPS) is 11.9. The van der Waals surface area contributed by atoms with Crippen LogP contribution in [0.5, 0.6) is 5.75 Å². The number of methoxy groups -OCH3 is 1. The molecular formula is C14H21NO3. The smallest absolute Gasteiger partial charge is 0.326 e. The fourth-order valence-electron chi connectivity index (χ4n) is 2.08.